The third-order valence-corrected chi connectivity index (χ3v) is 3.02. The highest BCUT2D eigenvalue weighted by Crippen LogP contribution is 2.09. The quantitative estimate of drug-likeness (QED) is 0.449. The number of amides is 1. The van der Waals surface area contributed by atoms with Gasteiger partial charge in [-0.25, -0.2) is 0 Å². The summed E-state index contributed by atoms with van der Waals surface area (Å²) in [6, 6.07) is 8.31. The molecule has 0 spiro atoms. The number of carbonyl (C=O) groups excluding carboxylic acids is 2. The lowest BCUT2D eigenvalue weighted by Crippen LogP contribution is -2.29. The maximum Gasteiger partial charge on any atom is 0.291 e. The van der Waals surface area contributed by atoms with Gasteiger partial charge in [0.15, 0.2) is 0 Å². The van der Waals surface area contributed by atoms with Crippen molar-refractivity contribution in [2.45, 2.75) is 27.7 Å². The van der Waals surface area contributed by atoms with Crippen molar-refractivity contribution in [2.24, 2.45) is 0 Å². The van der Waals surface area contributed by atoms with E-state index in [0.29, 0.717) is 18.1 Å². The van der Waals surface area contributed by atoms with Crippen molar-refractivity contribution >= 4 is 17.4 Å². The van der Waals surface area contributed by atoms with Crippen LogP contribution < -0.4 is 10.6 Å². The topological polar surface area (TPSA) is 67.4 Å². The van der Waals surface area contributed by atoms with E-state index in [1.165, 1.54) is 24.3 Å². The van der Waals surface area contributed by atoms with Gasteiger partial charge < -0.3 is 15.4 Å². The minimum absolute atomic E-state index is 0.430. The molecule has 0 aliphatic carbocycles. The Labute approximate surface area is 150 Å². The Bertz CT molecular complexity index is 629. The molecule has 0 aliphatic heterocycles. The van der Waals surface area contributed by atoms with Gasteiger partial charge in [-0.2, -0.15) is 0 Å². The van der Waals surface area contributed by atoms with Crippen LogP contribution >= 0.6 is 0 Å². The smallest absolute Gasteiger partial charge is 0.291 e. The molecule has 0 radical (unpaired) electrons. The Morgan fingerprint density at radius 2 is 1.84 bits per heavy atom. The van der Waals surface area contributed by atoms with Crippen LogP contribution in [0.25, 0.3) is 0 Å². The van der Waals surface area contributed by atoms with Gasteiger partial charge in [0.25, 0.3) is 5.91 Å². The molecule has 0 fully saturated rings. The van der Waals surface area contributed by atoms with E-state index >= 15 is 0 Å². The number of aryl methyl sites for hydroxylation is 1. The van der Waals surface area contributed by atoms with Crippen LogP contribution in [0.2, 0.25) is 0 Å². The Morgan fingerprint density at radius 3 is 2.24 bits per heavy atom. The maximum absolute atomic E-state index is 11.2. The highest BCUT2D eigenvalue weighted by molar-refractivity contribution is 6.35. The average molecular weight is 344 g/mol. The van der Waals surface area contributed by atoms with Gasteiger partial charge in [-0.3, -0.25) is 9.59 Å². The molecule has 0 saturated carbocycles. The largest absolute Gasteiger partial charge is 0.492 e. The SMILES string of the molecule is C=C/C=C(NC(=O)C(C)=O)\C(=C/C)OCC.CNc1ccc(C)cc1. The summed E-state index contributed by atoms with van der Waals surface area (Å²) in [4.78, 5) is 22.1. The summed E-state index contributed by atoms with van der Waals surface area (Å²) in [5, 5.41) is 5.52. The van der Waals surface area contributed by atoms with Crippen LogP contribution in [0.3, 0.4) is 0 Å². The second kappa shape index (κ2) is 12.6. The van der Waals surface area contributed by atoms with Crippen molar-refractivity contribution in [1.82, 2.24) is 5.32 Å². The standard InChI is InChI=1S/C12H17NO3.C8H11N/c1-5-8-10(11(6-2)16-7-3)13-12(15)9(4)14;1-7-3-5-8(9-2)6-4-7/h5-6,8H,1,7H2,2-4H3,(H,13,15);3-6,9H,1-2H3/b10-8+,11-6+;. The first-order valence-electron chi connectivity index (χ1n) is 8.08. The minimum Gasteiger partial charge on any atom is -0.492 e. The fraction of sp³-hybridized carbons (Fsp3) is 0.300. The summed E-state index contributed by atoms with van der Waals surface area (Å²) in [6.07, 6.45) is 4.79. The lowest BCUT2D eigenvalue weighted by atomic mass is 10.2. The number of nitrogens with one attached hydrogen (secondary N) is 2. The van der Waals surface area contributed by atoms with Gasteiger partial charge >= 0.3 is 0 Å². The van der Waals surface area contributed by atoms with Gasteiger partial charge in [-0.1, -0.05) is 30.4 Å². The highest BCUT2D eigenvalue weighted by Gasteiger charge is 2.12. The molecule has 0 saturated heterocycles. The van der Waals surface area contributed by atoms with Crippen molar-refractivity contribution in [3.63, 3.8) is 0 Å². The Morgan fingerprint density at radius 1 is 1.24 bits per heavy atom. The van der Waals surface area contributed by atoms with Crippen LogP contribution in [-0.2, 0) is 14.3 Å². The van der Waals surface area contributed by atoms with E-state index in [1.54, 1.807) is 19.1 Å². The third-order valence-electron chi connectivity index (χ3n) is 3.02. The molecule has 2 N–H and O–H groups in total. The fourth-order valence-electron chi connectivity index (χ4n) is 1.71. The van der Waals surface area contributed by atoms with E-state index in [0.717, 1.165) is 0 Å². The first-order valence-corrected chi connectivity index (χ1v) is 8.08. The van der Waals surface area contributed by atoms with Crippen molar-refractivity contribution in [1.29, 1.82) is 0 Å². The van der Waals surface area contributed by atoms with Gasteiger partial charge in [0, 0.05) is 19.7 Å². The van der Waals surface area contributed by atoms with Gasteiger partial charge in [-0.15, -0.1) is 0 Å². The number of allylic oxidation sites excluding steroid dienone is 3. The number of carbonyl (C=O) groups is 2. The first kappa shape index (κ1) is 22.2. The highest BCUT2D eigenvalue weighted by atomic mass is 16.5. The van der Waals surface area contributed by atoms with Crippen LogP contribution in [0.4, 0.5) is 5.69 Å². The molecule has 0 atom stereocenters. The lowest BCUT2D eigenvalue weighted by molar-refractivity contribution is -0.136. The fourth-order valence-corrected chi connectivity index (χ4v) is 1.71. The van der Waals surface area contributed by atoms with Gasteiger partial charge in [0.05, 0.1) is 12.3 Å². The molecule has 25 heavy (non-hydrogen) atoms. The van der Waals surface area contributed by atoms with E-state index in [1.807, 2.05) is 14.0 Å². The van der Waals surface area contributed by atoms with Crippen LogP contribution in [0, 0.1) is 6.92 Å². The van der Waals surface area contributed by atoms with Crippen molar-refractivity contribution < 1.29 is 14.3 Å². The number of ether oxygens (including phenoxy) is 1. The molecule has 1 aromatic carbocycles. The Balaban J connectivity index is 0.000000535. The van der Waals surface area contributed by atoms with E-state index in [-0.39, 0.29) is 0 Å². The van der Waals surface area contributed by atoms with E-state index < -0.39 is 11.7 Å². The van der Waals surface area contributed by atoms with E-state index in [2.05, 4.69) is 48.4 Å². The Kier molecular flexibility index (Phi) is 11.2. The van der Waals surface area contributed by atoms with Gasteiger partial charge in [0.1, 0.15) is 5.76 Å². The third kappa shape index (κ3) is 9.15. The number of ketones is 1. The summed E-state index contributed by atoms with van der Waals surface area (Å²) in [6.45, 7) is 10.9. The molecule has 0 heterocycles. The van der Waals surface area contributed by atoms with Gasteiger partial charge in [-0.05, 0) is 45.1 Å². The van der Waals surface area contributed by atoms with Crippen molar-refractivity contribution in [3.8, 4) is 0 Å². The van der Waals surface area contributed by atoms with Crippen LogP contribution in [0.15, 0.2) is 60.5 Å². The van der Waals surface area contributed by atoms with Crippen LogP contribution in [-0.4, -0.2) is 25.3 Å². The number of Topliss-reactive ketones (excluding diaryl/α,β-unsaturated/α-hetero) is 1. The second-order valence-electron chi connectivity index (χ2n) is 5.03. The summed E-state index contributed by atoms with van der Waals surface area (Å²) in [7, 11) is 1.92. The predicted molar refractivity (Wildman–Crippen MR) is 103 cm³/mol. The zero-order chi connectivity index (χ0) is 19.2. The second-order valence-corrected chi connectivity index (χ2v) is 5.03. The maximum atomic E-state index is 11.2. The zero-order valence-electron chi connectivity index (χ0n) is 15.7. The summed E-state index contributed by atoms with van der Waals surface area (Å²) >= 11 is 0. The summed E-state index contributed by atoms with van der Waals surface area (Å²) in [5.74, 6) is -0.717. The monoisotopic (exact) mass is 344 g/mol. The number of anilines is 1. The average Bonchev–Trinajstić information content (AvgIpc) is 2.60. The zero-order valence-corrected chi connectivity index (χ0v) is 15.7. The number of benzene rings is 1. The van der Waals surface area contributed by atoms with Crippen molar-refractivity contribution in [2.75, 3.05) is 19.0 Å². The molecule has 0 bridgehead atoms. The molecule has 5 heteroatoms. The summed E-state index contributed by atoms with van der Waals surface area (Å²) in [5.41, 5.74) is 2.90. The van der Waals surface area contributed by atoms with Crippen molar-refractivity contribution in [3.05, 3.63) is 66.1 Å². The molecular weight excluding hydrogens is 316 g/mol. The van der Waals surface area contributed by atoms with E-state index in [9.17, 15) is 9.59 Å². The molecule has 0 aromatic heterocycles. The molecule has 1 rings (SSSR count). The number of rotatable bonds is 7. The molecule has 0 unspecified atom stereocenters. The minimum atomic E-state index is -0.674. The molecule has 1 amide bonds. The van der Waals surface area contributed by atoms with Gasteiger partial charge in [0.2, 0.25) is 5.78 Å². The summed E-state index contributed by atoms with van der Waals surface area (Å²) < 4.78 is 5.31. The van der Waals surface area contributed by atoms with E-state index in [4.69, 9.17) is 4.74 Å². The first-order chi connectivity index (χ1) is 11.9. The molecule has 1 aromatic rings. The number of hydrogen-bond donors (Lipinski definition) is 2. The van der Waals surface area contributed by atoms with Crippen LogP contribution in [0.1, 0.15) is 26.3 Å². The molecule has 136 valence electrons. The predicted octanol–water partition coefficient (Wildman–Crippen LogP) is 3.74. The number of hydrogen-bond acceptors (Lipinski definition) is 4. The normalized spacial score (nSPS) is 10.9. The lowest BCUT2D eigenvalue weighted by Gasteiger charge is -2.12. The molecule has 5 nitrogen and oxygen atoms in total. The Hall–Kier alpha value is -2.82. The van der Waals surface area contributed by atoms with Crippen LogP contribution in [0.5, 0.6) is 0 Å². The molecular formula is C20H28N2O3. The molecule has 0 aliphatic rings.